The highest BCUT2D eigenvalue weighted by atomic mass is 16.2. The monoisotopic (exact) mass is 222 g/mol. The van der Waals surface area contributed by atoms with E-state index in [0.717, 1.165) is 5.56 Å². The molecular weight excluding hydrogens is 204 g/mol. The molecule has 0 bridgehead atoms. The van der Waals surface area contributed by atoms with Gasteiger partial charge in [-0.2, -0.15) is 5.10 Å². The summed E-state index contributed by atoms with van der Waals surface area (Å²) in [6.45, 7) is 5.14. The number of nitrogens with zero attached hydrogens (tertiary/aromatic N) is 3. The highest BCUT2D eigenvalue weighted by Crippen LogP contribution is 2.00. The van der Waals surface area contributed by atoms with Gasteiger partial charge < -0.3 is 10.2 Å². The topological polar surface area (TPSA) is 50.2 Å². The predicted molar refractivity (Wildman–Crippen MR) is 62.7 cm³/mol. The molecule has 0 radical (unpaired) electrons. The van der Waals surface area contributed by atoms with Gasteiger partial charge in [0, 0.05) is 38.9 Å². The van der Waals surface area contributed by atoms with E-state index in [1.807, 2.05) is 13.2 Å². The van der Waals surface area contributed by atoms with Crippen molar-refractivity contribution in [3.63, 3.8) is 0 Å². The lowest BCUT2D eigenvalue weighted by Gasteiger charge is -2.16. The van der Waals surface area contributed by atoms with Crippen molar-refractivity contribution in [2.24, 2.45) is 7.05 Å². The molecule has 0 aromatic carbocycles. The van der Waals surface area contributed by atoms with Crippen LogP contribution in [-0.2, 0) is 18.4 Å². The second-order valence-electron chi connectivity index (χ2n) is 3.69. The number of amides is 1. The van der Waals surface area contributed by atoms with Crippen LogP contribution in [-0.4, -0.2) is 40.7 Å². The fourth-order valence-corrected chi connectivity index (χ4v) is 1.33. The van der Waals surface area contributed by atoms with Crippen LogP contribution in [0.2, 0.25) is 0 Å². The zero-order valence-electron chi connectivity index (χ0n) is 9.81. The molecule has 5 nitrogen and oxygen atoms in total. The summed E-state index contributed by atoms with van der Waals surface area (Å²) >= 11 is 0. The first-order valence-corrected chi connectivity index (χ1v) is 5.16. The van der Waals surface area contributed by atoms with Gasteiger partial charge in [-0.05, 0) is 0 Å². The van der Waals surface area contributed by atoms with Crippen LogP contribution in [0.1, 0.15) is 5.56 Å². The van der Waals surface area contributed by atoms with E-state index >= 15 is 0 Å². The van der Waals surface area contributed by atoms with Gasteiger partial charge in [-0.25, -0.2) is 0 Å². The van der Waals surface area contributed by atoms with Crippen LogP contribution in [0.25, 0.3) is 0 Å². The number of carbonyl (C=O) groups excluding carboxylic acids is 1. The number of aryl methyl sites for hydroxylation is 1. The summed E-state index contributed by atoms with van der Waals surface area (Å²) in [6.07, 6.45) is 5.40. The van der Waals surface area contributed by atoms with E-state index in [1.165, 1.54) is 0 Å². The van der Waals surface area contributed by atoms with E-state index in [2.05, 4.69) is 17.0 Å². The first-order chi connectivity index (χ1) is 7.63. The van der Waals surface area contributed by atoms with Gasteiger partial charge in [0.2, 0.25) is 5.91 Å². The van der Waals surface area contributed by atoms with E-state index in [-0.39, 0.29) is 5.91 Å². The minimum Gasteiger partial charge on any atom is -0.340 e. The Balaban J connectivity index is 2.36. The maximum atomic E-state index is 11.6. The maximum Gasteiger partial charge on any atom is 0.236 e. The largest absolute Gasteiger partial charge is 0.340 e. The molecule has 16 heavy (non-hydrogen) atoms. The molecule has 0 atom stereocenters. The Kier molecular flexibility index (Phi) is 4.72. The molecule has 1 aromatic heterocycles. The quantitative estimate of drug-likeness (QED) is 0.551. The molecule has 1 heterocycles. The zero-order chi connectivity index (χ0) is 12.0. The lowest BCUT2D eigenvalue weighted by Crippen LogP contribution is -2.35. The summed E-state index contributed by atoms with van der Waals surface area (Å²) in [7, 11) is 3.64. The summed E-state index contributed by atoms with van der Waals surface area (Å²) in [5.74, 6) is 0.0608. The smallest absolute Gasteiger partial charge is 0.236 e. The fraction of sp³-hybridized carbons (Fsp3) is 0.455. The second-order valence-corrected chi connectivity index (χ2v) is 3.69. The van der Waals surface area contributed by atoms with Crippen molar-refractivity contribution in [1.82, 2.24) is 20.0 Å². The number of rotatable bonds is 6. The van der Waals surface area contributed by atoms with Crippen molar-refractivity contribution in [1.29, 1.82) is 0 Å². The fourth-order valence-electron chi connectivity index (χ4n) is 1.33. The summed E-state index contributed by atoms with van der Waals surface area (Å²) in [6, 6.07) is 0. The third kappa shape index (κ3) is 3.86. The second kappa shape index (κ2) is 6.07. The van der Waals surface area contributed by atoms with Gasteiger partial charge in [0.05, 0.1) is 12.7 Å². The van der Waals surface area contributed by atoms with E-state index in [1.54, 1.807) is 28.9 Å². The molecule has 0 aliphatic carbocycles. The summed E-state index contributed by atoms with van der Waals surface area (Å²) < 4.78 is 1.73. The van der Waals surface area contributed by atoms with Crippen LogP contribution in [0.3, 0.4) is 0 Å². The number of likely N-dealkylation sites (N-methyl/N-ethyl adjacent to an activating group) is 1. The predicted octanol–water partition coefficient (Wildman–Crippen LogP) is 0.154. The highest BCUT2D eigenvalue weighted by molar-refractivity contribution is 5.77. The Morgan fingerprint density at radius 1 is 1.75 bits per heavy atom. The summed E-state index contributed by atoms with van der Waals surface area (Å²) in [4.78, 5) is 13.3. The van der Waals surface area contributed by atoms with E-state index < -0.39 is 0 Å². The number of aromatic nitrogens is 2. The molecule has 1 amide bonds. The Bertz CT molecular complexity index is 359. The third-order valence-corrected chi connectivity index (χ3v) is 2.17. The van der Waals surface area contributed by atoms with Gasteiger partial charge in [-0.3, -0.25) is 9.48 Å². The van der Waals surface area contributed by atoms with Crippen molar-refractivity contribution >= 4 is 5.91 Å². The SMILES string of the molecule is C=CCNCC(=O)N(C)Cc1cnn(C)c1. The molecule has 1 rings (SSSR count). The molecule has 0 unspecified atom stereocenters. The molecule has 0 fully saturated rings. The third-order valence-electron chi connectivity index (χ3n) is 2.17. The number of hydrogen-bond donors (Lipinski definition) is 1. The summed E-state index contributed by atoms with van der Waals surface area (Å²) in [5.41, 5.74) is 1.03. The Morgan fingerprint density at radius 2 is 2.50 bits per heavy atom. The van der Waals surface area contributed by atoms with Gasteiger partial charge >= 0.3 is 0 Å². The Labute approximate surface area is 95.7 Å². The number of carbonyl (C=O) groups is 1. The van der Waals surface area contributed by atoms with E-state index in [0.29, 0.717) is 19.6 Å². The standard InChI is InChI=1S/C11H18N4O/c1-4-5-12-7-11(16)14(2)8-10-6-13-15(3)9-10/h4,6,9,12H,1,5,7-8H2,2-3H3. The molecule has 88 valence electrons. The molecule has 0 aliphatic heterocycles. The molecule has 1 N–H and O–H groups in total. The van der Waals surface area contributed by atoms with E-state index in [4.69, 9.17) is 0 Å². The van der Waals surface area contributed by atoms with Crippen LogP contribution < -0.4 is 5.32 Å². The van der Waals surface area contributed by atoms with Crippen molar-refractivity contribution in [3.05, 3.63) is 30.6 Å². The maximum absolute atomic E-state index is 11.6. The van der Waals surface area contributed by atoms with Crippen LogP contribution >= 0.6 is 0 Å². The minimum absolute atomic E-state index is 0.0608. The van der Waals surface area contributed by atoms with E-state index in [9.17, 15) is 4.79 Å². The average molecular weight is 222 g/mol. The molecule has 0 saturated heterocycles. The molecule has 0 aliphatic rings. The number of nitrogens with one attached hydrogen (secondary N) is 1. The van der Waals surface area contributed by atoms with Gasteiger partial charge in [0.25, 0.3) is 0 Å². The minimum atomic E-state index is 0.0608. The average Bonchev–Trinajstić information content (AvgIpc) is 2.64. The van der Waals surface area contributed by atoms with Crippen LogP contribution in [0.5, 0.6) is 0 Å². The van der Waals surface area contributed by atoms with Gasteiger partial charge in [-0.1, -0.05) is 6.08 Å². The number of hydrogen-bond acceptors (Lipinski definition) is 3. The highest BCUT2D eigenvalue weighted by Gasteiger charge is 2.08. The lowest BCUT2D eigenvalue weighted by atomic mass is 10.3. The molecule has 5 heteroatoms. The molecule has 0 saturated carbocycles. The van der Waals surface area contributed by atoms with Gasteiger partial charge in [-0.15, -0.1) is 6.58 Å². The van der Waals surface area contributed by atoms with Crippen molar-refractivity contribution < 1.29 is 4.79 Å². The van der Waals surface area contributed by atoms with Crippen molar-refractivity contribution in [2.45, 2.75) is 6.54 Å². The normalized spacial score (nSPS) is 10.1. The Hall–Kier alpha value is -1.62. The molecule has 0 spiro atoms. The van der Waals surface area contributed by atoms with Crippen LogP contribution in [0, 0.1) is 0 Å². The molecule has 1 aromatic rings. The van der Waals surface area contributed by atoms with Gasteiger partial charge in [0.15, 0.2) is 0 Å². The van der Waals surface area contributed by atoms with Gasteiger partial charge in [0.1, 0.15) is 0 Å². The van der Waals surface area contributed by atoms with Crippen LogP contribution in [0.15, 0.2) is 25.0 Å². The first kappa shape index (κ1) is 12.4. The first-order valence-electron chi connectivity index (χ1n) is 5.16. The van der Waals surface area contributed by atoms with Crippen molar-refractivity contribution in [3.8, 4) is 0 Å². The Morgan fingerprint density at radius 3 is 3.06 bits per heavy atom. The molecular formula is C11H18N4O. The zero-order valence-corrected chi connectivity index (χ0v) is 9.81. The van der Waals surface area contributed by atoms with Crippen molar-refractivity contribution in [2.75, 3.05) is 20.1 Å². The summed E-state index contributed by atoms with van der Waals surface area (Å²) in [5, 5.41) is 7.03. The lowest BCUT2D eigenvalue weighted by molar-refractivity contribution is -0.129. The van der Waals surface area contributed by atoms with Crippen LogP contribution in [0.4, 0.5) is 0 Å².